The van der Waals surface area contributed by atoms with Crippen molar-refractivity contribution in [3.05, 3.63) is 23.3 Å². The second-order valence-electron chi connectivity index (χ2n) is 3.58. The van der Waals surface area contributed by atoms with Gasteiger partial charge in [-0.1, -0.05) is 27.7 Å². The van der Waals surface area contributed by atoms with Gasteiger partial charge >= 0.3 is 0 Å². The lowest BCUT2D eigenvalue weighted by molar-refractivity contribution is -0.114. The van der Waals surface area contributed by atoms with Crippen molar-refractivity contribution in [2.45, 2.75) is 48.5 Å². The van der Waals surface area contributed by atoms with Crippen LogP contribution in [0.25, 0.3) is 0 Å². The largest absolute Gasteiger partial charge is 0.398 e. The lowest BCUT2D eigenvalue weighted by Gasteiger charge is -2.12. The predicted octanol–water partition coefficient (Wildman–Crippen LogP) is 3.98. The van der Waals surface area contributed by atoms with Crippen LogP contribution in [0.5, 0.6) is 0 Å². The monoisotopic (exact) mass is 265 g/mol. The fourth-order valence-electron chi connectivity index (χ4n) is 1.52. The maximum atomic E-state index is 11.0. The number of rotatable bonds is 2. The van der Waals surface area contributed by atoms with Crippen molar-refractivity contribution in [3.8, 4) is 0 Å². The molecule has 0 aromatic heterocycles. The number of hydrogen-bond donors (Lipinski definition) is 3. The van der Waals surface area contributed by atoms with Gasteiger partial charge in [0.1, 0.15) is 0 Å². The molecule has 0 fully saturated rings. The van der Waals surface area contributed by atoms with Crippen LogP contribution in [0.2, 0.25) is 0 Å². The summed E-state index contributed by atoms with van der Waals surface area (Å²) < 4.78 is 0. The Balaban J connectivity index is 0. The smallest absolute Gasteiger partial charge is 0.221 e. The minimum absolute atomic E-state index is 0.164. The minimum Gasteiger partial charge on any atom is -0.398 e. The summed E-state index contributed by atoms with van der Waals surface area (Å²) in [6.07, 6.45) is 0. The highest BCUT2D eigenvalue weighted by Gasteiger charge is 2.10. The van der Waals surface area contributed by atoms with E-state index < -0.39 is 0 Å². The number of hydrogen-bond acceptors (Lipinski definition) is 3. The second kappa shape index (κ2) is 10.1. The number of nitrogen functional groups attached to an aromatic ring is 1. The highest BCUT2D eigenvalue weighted by molar-refractivity contribution is 6.08. The Bertz CT molecular complexity index is 426. The van der Waals surface area contributed by atoms with Crippen molar-refractivity contribution in [1.29, 1.82) is 5.41 Å². The van der Waals surface area contributed by atoms with Crippen LogP contribution >= 0.6 is 0 Å². The lowest BCUT2D eigenvalue weighted by atomic mass is 10.0. The van der Waals surface area contributed by atoms with Crippen LogP contribution in [0.1, 0.15) is 52.7 Å². The first-order chi connectivity index (χ1) is 8.91. The molecule has 0 saturated carbocycles. The Kier molecular flexibility index (Phi) is 10.4. The van der Waals surface area contributed by atoms with E-state index in [4.69, 9.17) is 11.1 Å². The van der Waals surface area contributed by atoms with Gasteiger partial charge in [0.05, 0.1) is 5.69 Å². The summed E-state index contributed by atoms with van der Waals surface area (Å²) in [6.45, 7) is 13.0. The highest BCUT2D eigenvalue weighted by atomic mass is 16.1. The Morgan fingerprint density at radius 1 is 1.16 bits per heavy atom. The van der Waals surface area contributed by atoms with Gasteiger partial charge in [0.2, 0.25) is 5.91 Å². The SMILES string of the molecule is CC.CC.CC(=N)c1c(N)cc(C)cc1NC(C)=O. The first-order valence-corrected chi connectivity index (χ1v) is 6.65. The van der Waals surface area contributed by atoms with Gasteiger partial charge in [-0.05, 0) is 31.5 Å². The first-order valence-electron chi connectivity index (χ1n) is 6.65. The van der Waals surface area contributed by atoms with Crippen molar-refractivity contribution in [2.75, 3.05) is 11.1 Å². The van der Waals surface area contributed by atoms with E-state index in [0.29, 0.717) is 22.6 Å². The van der Waals surface area contributed by atoms with Crippen LogP contribution in [0.4, 0.5) is 11.4 Å². The second-order valence-corrected chi connectivity index (χ2v) is 3.58. The Morgan fingerprint density at radius 3 is 2.00 bits per heavy atom. The van der Waals surface area contributed by atoms with Gasteiger partial charge in [0, 0.05) is 23.9 Å². The number of nitrogens with one attached hydrogen (secondary N) is 2. The van der Waals surface area contributed by atoms with Crippen molar-refractivity contribution in [1.82, 2.24) is 0 Å². The Morgan fingerprint density at radius 2 is 1.63 bits per heavy atom. The minimum atomic E-state index is -0.164. The summed E-state index contributed by atoms with van der Waals surface area (Å²) in [5, 5.41) is 10.3. The van der Waals surface area contributed by atoms with Gasteiger partial charge in [-0.2, -0.15) is 0 Å². The fourth-order valence-corrected chi connectivity index (χ4v) is 1.52. The number of carbonyl (C=O) groups excluding carboxylic acids is 1. The van der Waals surface area contributed by atoms with Gasteiger partial charge in [-0.3, -0.25) is 4.79 Å². The lowest BCUT2D eigenvalue weighted by Crippen LogP contribution is -2.12. The number of nitrogens with two attached hydrogens (primary N) is 1. The quantitative estimate of drug-likeness (QED) is 0.558. The number of benzene rings is 1. The molecule has 19 heavy (non-hydrogen) atoms. The zero-order valence-electron chi connectivity index (χ0n) is 13.1. The summed E-state index contributed by atoms with van der Waals surface area (Å²) >= 11 is 0. The predicted molar refractivity (Wildman–Crippen MR) is 85.1 cm³/mol. The number of carbonyl (C=O) groups is 1. The molecular formula is C15H27N3O. The first kappa shape index (κ1) is 19.5. The molecule has 1 aromatic rings. The molecular weight excluding hydrogens is 238 g/mol. The molecule has 4 nitrogen and oxygen atoms in total. The van der Waals surface area contributed by atoms with Crippen LogP contribution in [0, 0.1) is 12.3 Å². The molecule has 0 aliphatic rings. The van der Waals surface area contributed by atoms with E-state index in [9.17, 15) is 4.79 Å². The summed E-state index contributed by atoms with van der Waals surface area (Å²) in [5.41, 5.74) is 8.83. The van der Waals surface area contributed by atoms with Crippen LogP contribution < -0.4 is 11.1 Å². The van der Waals surface area contributed by atoms with Gasteiger partial charge < -0.3 is 16.5 Å². The molecule has 108 valence electrons. The zero-order chi connectivity index (χ0) is 15.6. The normalized spacial score (nSPS) is 8.37. The van der Waals surface area contributed by atoms with Gasteiger partial charge in [-0.15, -0.1) is 0 Å². The molecule has 4 N–H and O–H groups in total. The third kappa shape index (κ3) is 6.60. The van der Waals surface area contributed by atoms with Crippen LogP contribution in [0.3, 0.4) is 0 Å². The van der Waals surface area contributed by atoms with Crippen molar-refractivity contribution in [2.24, 2.45) is 0 Å². The van der Waals surface area contributed by atoms with E-state index in [1.807, 2.05) is 40.7 Å². The maximum absolute atomic E-state index is 11.0. The topological polar surface area (TPSA) is 79.0 Å². The zero-order valence-corrected chi connectivity index (χ0v) is 13.1. The van der Waals surface area contributed by atoms with Gasteiger partial charge in [-0.25, -0.2) is 0 Å². The summed E-state index contributed by atoms with van der Waals surface area (Å²) in [6, 6.07) is 3.60. The third-order valence-corrected chi connectivity index (χ3v) is 2.00. The molecule has 0 spiro atoms. The molecule has 1 rings (SSSR count). The molecule has 0 unspecified atom stereocenters. The molecule has 0 radical (unpaired) electrons. The average molecular weight is 265 g/mol. The van der Waals surface area contributed by atoms with Crippen LogP contribution in [-0.4, -0.2) is 11.6 Å². The molecule has 0 atom stereocenters. The average Bonchev–Trinajstić information content (AvgIpc) is 2.31. The van der Waals surface area contributed by atoms with E-state index in [2.05, 4.69) is 5.32 Å². The van der Waals surface area contributed by atoms with Crippen molar-refractivity contribution in [3.63, 3.8) is 0 Å². The van der Waals surface area contributed by atoms with E-state index >= 15 is 0 Å². The molecule has 0 bridgehead atoms. The van der Waals surface area contributed by atoms with Crippen LogP contribution in [0.15, 0.2) is 12.1 Å². The standard InChI is InChI=1S/C11H15N3O.2C2H6/c1-6-4-9(13)11(7(2)12)10(5-6)14-8(3)15;2*1-2/h4-5,12H,13H2,1-3H3,(H,14,15);2*1-2H3. The van der Waals surface area contributed by atoms with E-state index in [1.165, 1.54) is 6.92 Å². The molecule has 0 aliphatic carbocycles. The van der Waals surface area contributed by atoms with E-state index in [1.54, 1.807) is 13.0 Å². The van der Waals surface area contributed by atoms with Gasteiger partial charge in [0.15, 0.2) is 0 Å². The number of aryl methyl sites for hydroxylation is 1. The van der Waals surface area contributed by atoms with Gasteiger partial charge in [0.25, 0.3) is 0 Å². The molecule has 0 aliphatic heterocycles. The Labute approximate surface area is 116 Å². The molecule has 4 heteroatoms. The molecule has 0 heterocycles. The third-order valence-electron chi connectivity index (χ3n) is 2.00. The van der Waals surface area contributed by atoms with Crippen molar-refractivity contribution < 1.29 is 4.79 Å². The van der Waals surface area contributed by atoms with E-state index in [0.717, 1.165) is 5.56 Å². The Hall–Kier alpha value is -1.84. The van der Waals surface area contributed by atoms with Crippen molar-refractivity contribution >= 4 is 23.0 Å². The molecule has 1 aromatic carbocycles. The molecule has 1 amide bonds. The number of amides is 1. The van der Waals surface area contributed by atoms with E-state index in [-0.39, 0.29) is 5.91 Å². The highest BCUT2D eigenvalue weighted by Crippen LogP contribution is 2.24. The summed E-state index contributed by atoms with van der Waals surface area (Å²) in [4.78, 5) is 11.0. The van der Waals surface area contributed by atoms with Crippen LogP contribution in [-0.2, 0) is 4.79 Å². The summed E-state index contributed by atoms with van der Waals surface area (Å²) in [5.74, 6) is -0.164. The number of anilines is 2. The summed E-state index contributed by atoms with van der Waals surface area (Å²) in [7, 11) is 0. The maximum Gasteiger partial charge on any atom is 0.221 e. The molecule has 0 saturated heterocycles. The fraction of sp³-hybridized carbons (Fsp3) is 0.467.